The van der Waals surface area contributed by atoms with Gasteiger partial charge in [0.1, 0.15) is 0 Å². The van der Waals surface area contributed by atoms with Crippen molar-refractivity contribution >= 4 is 11.6 Å². The van der Waals surface area contributed by atoms with Crippen molar-refractivity contribution in [3.8, 4) is 5.69 Å². The lowest BCUT2D eigenvalue weighted by molar-refractivity contribution is 0.814. The lowest BCUT2D eigenvalue weighted by atomic mass is 10.2. The van der Waals surface area contributed by atoms with Gasteiger partial charge in [0.15, 0.2) is 0 Å². The SMILES string of the molecule is CNCc1ccc(-n2ccc(C)n2)cc1Cl. The van der Waals surface area contributed by atoms with Gasteiger partial charge >= 0.3 is 0 Å². The van der Waals surface area contributed by atoms with Crippen LogP contribution >= 0.6 is 11.6 Å². The highest BCUT2D eigenvalue weighted by Crippen LogP contribution is 2.20. The Morgan fingerprint density at radius 1 is 1.38 bits per heavy atom. The minimum absolute atomic E-state index is 0.764. The molecule has 16 heavy (non-hydrogen) atoms. The molecular formula is C12H14ClN3. The van der Waals surface area contributed by atoms with E-state index in [2.05, 4.69) is 10.4 Å². The summed E-state index contributed by atoms with van der Waals surface area (Å²) in [5.74, 6) is 0. The molecule has 1 aromatic heterocycles. The molecule has 0 radical (unpaired) electrons. The molecule has 4 heteroatoms. The molecule has 0 saturated heterocycles. The molecule has 2 rings (SSSR count). The summed E-state index contributed by atoms with van der Waals surface area (Å²) in [4.78, 5) is 0. The second-order valence-corrected chi connectivity index (χ2v) is 4.11. The van der Waals surface area contributed by atoms with Crippen LogP contribution in [0.5, 0.6) is 0 Å². The maximum Gasteiger partial charge on any atom is 0.0660 e. The molecule has 2 aromatic rings. The van der Waals surface area contributed by atoms with E-state index in [0.29, 0.717) is 0 Å². The Bertz CT molecular complexity index is 491. The molecule has 0 unspecified atom stereocenters. The predicted molar refractivity (Wildman–Crippen MR) is 66.1 cm³/mol. The van der Waals surface area contributed by atoms with E-state index in [1.165, 1.54) is 0 Å². The minimum atomic E-state index is 0.764. The van der Waals surface area contributed by atoms with Crippen molar-refractivity contribution in [1.82, 2.24) is 15.1 Å². The zero-order chi connectivity index (χ0) is 11.5. The Hall–Kier alpha value is -1.32. The van der Waals surface area contributed by atoms with E-state index < -0.39 is 0 Å². The summed E-state index contributed by atoms with van der Waals surface area (Å²) in [6.45, 7) is 2.74. The molecule has 84 valence electrons. The average molecular weight is 236 g/mol. The van der Waals surface area contributed by atoms with Crippen LogP contribution in [-0.4, -0.2) is 16.8 Å². The highest BCUT2D eigenvalue weighted by molar-refractivity contribution is 6.31. The Balaban J connectivity index is 2.34. The first-order chi connectivity index (χ1) is 7.70. The van der Waals surface area contributed by atoms with E-state index in [1.54, 1.807) is 0 Å². The van der Waals surface area contributed by atoms with Crippen LogP contribution in [0.4, 0.5) is 0 Å². The smallest absolute Gasteiger partial charge is 0.0660 e. The van der Waals surface area contributed by atoms with Gasteiger partial charge in [0.2, 0.25) is 0 Å². The number of aryl methyl sites for hydroxylation is 1. The number of hydrogen-bond acceptors (Lipinski definition) is 2. The number of halogens is 1. The summed E-state index contributed by atoms with van der Waals surface area (Å²) < 4.78 is 1.82. The lowest BCUT2D eigenvalue weighted by Gasteiger charge is -2.06. The molecule has 0 fully saturated rings. The number of hydrogen-bond donors (Lipinski definition) is 1. The van der Waals surface area contributed by atoms with Crippen molar-refractivity contribution in [2.45, 2.75) is 13.5 Å². The molecule has 0 saturated carbocycles. The molecule has 0 spiro atoms. The Morgan fingerprint density at radius 2 is 2.19 bits per heavy atom. The molecule has 1 N–H and O–H groups in total. The van der Waals surface area contributed by atoms with Gasteiger partial charge in [0.05, 0.1) is 11.4 Å². The van der Waals surface area contributed by atoms with E-state index in [4.69, 9.17) is 11.6 Å². The van der Waals surface area contributed by atoms with Crippen molar-refractivity contribution < 1.29 is 0 Å². The molecule has 0 amide bonds. The second-order valence-electron chi connectivity index (χ2n) is 3.71. The third kappa shape index (κ3) is 2.26. The van der Waals surface area contributed by atoms with Gasteiger partial charge in [-0.3, -0.25) is 0 Å². The monoisotopic (exact) mass is 235 g/mol. The molecule has 0 aliphatic carbocycles. The van der Waals surface area contributed by atoms with Gasteiger partial charge in [-0.15, -0.1) is 0 Å². The minimum Gasteiger partial charge on any atom is -0.316 e. The van der Waals surface area contributed by atoms with E-state index in [0.717, 1.165) is 28.5 Å². The van der Waals surface area contributed by atoms with E-state index in [-0.39, 0.29) is 0 Å². The summed E-state index contributed by atoms with van der Waals surface area (Å²) >= 11 is 6.18. The van der Waals surface area contributed by atoms with Gasteiger partial charge in [-0.05, 0) is 37.7 Å². The topological polar surface area (TPSA) is 29.9 Å². The number of nitrogens with zero attached hydrogens (tertiary/aromatic N) is 2. The second kappa shape index (κ2) is 4.68. The van der Waals surface area contributed by atoms with Gasteiger partial charge in [-0.2, -0.15) is 5.10 Å². The van der Waals surface area contributed by atoms with Crippen LogP contribution in [0.25, 0.3) is 5.69 Å². The number of nitrogens with one attached hydrogen (secondary N) is 1. The standard InChI is InChI=1S/C12H14ClN3/c1-9-5-6-16(15-9)11-4-3-10(8-14-2)12(13)7-11/h3-7,14H,8H2,1-2H3. The molecule has 1 aromatic carbocycles. The lowest BCUT2D eigenvalue weighted by Crippen LogP contribution is -2.06. The van der Waals surface area contributed by atoms with Crippen molar-refractivity contribution in [1.29, 1.82) is 0 Å². The fraction of sp³-hybridized carbons (Fsp3) is 0.250. The first-order valence-electron chi connectivity index (χ1n) is 5.16. The van der Waals surface area contributed by atoms with E-state index >= 15 is 0 Å². The first kappa shape index (κ1) is 11.2. The predicted octanol–water partition coefficient (Wildman–Crippen LogP) is 2.55. The summed E-state index contributed by atoms with van der Waals surface area (Å²) in [6, 6.07) is 7.94. The van der Waals surface area contributed by atoms with Crippen LogP contribution in [0.1, 0.15) is 11.3 Å². The largest absolute Gasteiger partial charge is 0.316 e. The number of rotatable bonds is 3. The summed E-state index contributed by atoms with van der Waals surface area (Å²) in [5.41, 5.74) is 3.07. The molecule has 3 nitrogen and oxygen atoms in total. The third-order valence-electron chi connectivity index (χ3n) is 2.39. The highest BCUT2D eigenvalue weighted by Gasteiger charge is 2.03. The first-order valence-corrected chi connectivity index (χ1v) is 5.54. The quantitative estimate of drug-likeness (QED) is 0.886. The summed E-state index contributed by atoms with van der Waals surface area (Å²) in [7, 11) is 1.90. The van der Waals surface area contributed by atoms with Gasteiger partial charge < -0.3 is 5.32 Å². The normalized spacial score (nSPS) is 10.7. The van der Waals surface area contributed by atoms with Crippen LogP contribution in [0.2, 0.25) is 5.02 Å². The van der Waals surface area contributed by atoms with Crippen molar-refractivity contribution in [2.24, 2.45) is 0 Å². The maximum absolute atomic E-state index is 6.18. The number of aromatic nitrogens is 2. The van der Waals surface area contributed by atoms with Gasteiger partial charge in [0, 0.05) is 17.8 Å². The molecule has 0 aliphatic rings. The van der Waals surface area contributed by atoms with Crippen LogP contribution in [-0.2, 0) is 6.54 Å². The van der Waals surface area contributed by atoms with Crippen molar-refractivity contribution in [3.05, 3.63) is 46.7 Å². The van der Waals surface area contributed by atoms with Gasteiger partial charge in [-0.25, -0.2) is 4.68 Å². The van der Waals surface area contributed by atoms with Crippen LogP contribution in [0.3, 0.4) is 0 Å². The van der Waals surface area contributed by atoms with Crippen LogP contribution in [0.15, 0.2) is 30.5 Å². The molecular weight excluding hydrogens is 222 g/mol. The molecule has 0 atom stereocenters. The summed E-state index contributed by atoms with van der Waals surface area (Å²) in [6.07, 6.45) is 1.93. The molecule has 1 heterocycles. The van der Waals surface area contributed by atoms with Gasteiger partial charge in [0.25, 0.3) is 0 Å². The van der Waals surface area contributed by atoms with Gasteiger partial charge in [-0.1, -0.05) is 17.7 Å². The highest BCUT2D eigenvalue weighted by atomic mass is 35.5. The zero-order valence-corrected chi connectivity index (χ0v) is 10.1. The average Bonchev–Trinajstić information content (AvgIpc) is 2.68. The maximum atomic E-state index is 6.18. The molecule has 0 bridgehead atoms. The van der Waals surface area contributed by atoms with Crippen molar-refractivity contribution in [3.63, 3.8) is 0 Å². The third-order valence-corrected chi connectivity index (χ3v) is 2.74. The fourth-order valence-corrected chi connectivity index (χ4v) is 1.81. The fourth-order valence-electron chi connectivity index (χ4n) is 1.57. The Labute approximate surface area is 100 Å². The van der Waals surface area contributed by atoms with Crippen LogP contribution < -0.4 is 5.32 Å². The Morgan fingerprint density at radius 3 is 2.75 bits per heavy atom. The Kier molecular flexibility index (Phi) is 3.27. The van der Waals surface area contributed by atoms with Crippen LogP contribution in [0, 0.1) is 6.92 Å². The summed E-state index contributed by atoms with van der Waals surface area (Å²) in [5, 5.41) is 8.19. The van der Waals surface area contributed by atoms with E-state index in [1.807, 2.05) is 49.1 Å². The van der Waals surface area contributed by atoms with Crippen molar-refractivity contribution in [2.75, 3.05) is 7.05 Å². The molecule has 0 aliphatic heterocycles. The van der Waals surface area contributed by atoms with E-state index in [9.17, 15) is 0 Å². The number of benzene rings is 1. The zero-order valence-electron chi connectivity index (χ0n) is 9.37.